The van der Waals surface area contributed by atoms with Gasteiger partial charge in [0.05, 0.1) is 25.4 Å². The Hall–Kier alpha value is -3.18. The second-order valence-electron chi connectivity index (χ2n) is 10.6. The number of benzene rings is 1. The molecule has 2 aliphatic carbocycles. The number of ether oxygens (including phenoxy) is 1. The Balaban J connectivity index is 1.46. The number of methoxy groups -OCH3 is 1. The first-order valence-electron chi connectivity index (χ1n) is 13.2. The zero-order chi connectivity index (χ0) is 25.2. The van der Waals surface area contributed by atoms with Gasteiger partial charge in [-0.3, -0.25) is 4.90 Å². The molecule has 8 heteroatoms. The molecule has 1 aliphatic heterocycles. The van der Waals surface area contributed by atoms with Crippen molar-refractivity contribution in [2.75, 3.05) is 31.6 Å². The van der Waals surface area contributed by atoms with Gasteiger partial charge in [-0.15, -0.1) is 0 Å². The minimum absolute atomic E-state index is 0.00207. The molecule has 2 amide bonds. The first kappa shape index (κ1) is 24.5. The van der Waals surface area contributed by atoms with Gasteiger partial charge in [-0.1, -0.05) is 43.7 Å². The van der Waals surface area contributed by atoms with Crippen LogP contribution in [0.3, 0.4) is 0 Å². The smallest absolute Gasteiger partial charge is 0.325 e. The van der Waals surface area contributed by atoms with E-state index in [1.54, 1.807) is 11.1 Å². The van der Waals surface area contributed by atoms with Crippen molar-refractivity contribution in [1.29, 1.82) is 5.26 Å². The number of urea groups is 1. The lowest BCUT2D eigenvalue weighted by atomic mass is 9.68. The Morgan fingerprint density at radius 1 is 1.19 bits per heavy atom. The molecule has 0 atom stereocenters. The van der Waals surface area contributed by atoms with Gasteiger partial charge in [0.2, 0.25) is 11.7 Å². The number of rotatable bonds is 8. The van der Waals surface area contributed by atoms with Crippen molar-refractivity contribution in [2.24, 2.45) is 5.92 Å². The maximum atomic E-state index is 13.9. The first-order valence-corrected chi connectivity index (χ1v) is 13.2. The third kappa shape index (κ3) is 4.30. The second-order valence-corrected chi connectivity index (χ2v) is 10.6. The SMILES string of the molecule is CCCNC1(c2ccccc2)CCC2(CC1)CN(c1cnc(C#N)nc1OC)C(=O)N2CC1CCC1. The fourth-order valence-corrected chi connectivity index (χ4v) is 6.20. The van der Waals surface area contributed by atoms with Crippen molar-refractivity contribution in [1.82, 2.24) is 20.2 Å². The molecular formula is C28H36N6O2. The predicted molar refractivity (Wildman–Crippen MR) is 138 cm³/mol. The molecule has 1 N–H and O–H groups in total. The van der Waals surface area contributed by atoms with Crippen molar-refractivity contribution < 1.29 is 9.53 Å². The van der Waals surface area contributed by atoms with Crippen LogP contribution >= 0.6 is 0 Å². The zero-order valence-electron chi connectivity index (χ0n) is 21.4. The number of nitriles is 1. The fraction of sp³-hybridized carbons (Fsp3) is 0.571. The number of amides is 2. The Morgan fingerprint density at radius 2 is 1.94 bits per heavy atom. The molecule has 2 aromatic rings. The molecule has 8 nitrogen and oxygen atoms in total. The Morgan fingerprint density at radius 3 is 2.56 bits per heavy atom. The Labute approximate surface area is 213 Å². The number of anilines is 1. The van der Waals surface area contributed by atoms with Gasteiger partial charge in [0.15, 0.2) is 0 Å². The maximum Gasteiger partial charge on any atom is 0.325 e. The number of nitrogens with one attached hydrogen (secondary N) is 1. The summed E-state index contributed by atoms with van der Waals surface area (Å²) in [6.45, 7) is 4.56. The van der Waals surface area contributed by atoms with E-state index in [0.29, 0.717) is 18.2 Å². The van der Waals surface area contributed by atoms with E-state index < -0.39 is 0 Å². The first-order chi connectivity index (χ1) is 17.5. The van der Waals surface area contributed by atoms with Crippen molar-refractivity contribution in [2.45, 2.75) is 69.4 Å². The number of carbonyl (C=O) groups excluding carboxylic acids is 1. The molecule has 0 radical (unpaired) electrons. The summed E-state index contributed by atoms with van der Waals surface area (Å²) < 4.78 is 5.48. The van der Waals surface area contributed by atoms with Crippen LogP contribution in [0.1, 0.15) is 69.7 Å². The van der Waals surface area contributed by atoms with E-state index >= 15 is 0 Å². The lowest BCUT2D eigenvalue weighted by Gasteiger charge is -2.49. The quantitative estimate of drug-likeness (QED) is 0.583. The summed E-state index contributed by atoms with van der Waals surface area (Å²) in [4.78, 5) is 26.3. The summed E-state index contributed by atoms with van der Waals surface area (Å²) in [5.41, 5.74) is 1.57. The Bertz CT molecular complexity index is 1120. The van der Waals surface area contributed by atoms with Gasteiger partial charge < -0.3 is 15.0 Å². The topological polar surface area (TPSA) is 94.4 Å². The molecule has 3 aliphatic rings. The normalized spacial score (nSPS) is 26.2. The van der Waals surface area contributed by atoms with E-state index in [2.05, 4.69) is 57.4 Å². The zero-order valence-corrected chi connectivity index (χ0v) is 21.4. The molecule has 5 rings (SSSR count). The maximum absolute atomic E-state index is 13.9. The van der Waals surface area contributed by atoms with E-state index in [1.807, 2.05) is 6.07 Å². The van der Waals surface area contributed by atoms with Crippen molar-refractivity contribution in [3.63, 3.8) is 0 Å². The molecule has 36 heavy (non-hydrogen) atoms. The van der Waals surface area contributed by atoms with Crippen LogP contribution in [0.4, 0.5) is 10.5 Å². The lowest BCUT2D eigenvalue weighted by Crippen LogP contribution is -2.56. The number of hydrogen-bond donors (Lipinski definition) is 1. The molecule has 0 unspecified atom stereocenters. The highest BCUT2D eigenvalue weighted by Gasteiger charge is 2.55. The van der Waals surface area contributed by atoms with Crippen LogP contribution in [-0.4, -0.2) is 53.2 Å². The summed E-state index contributed by atoms with van der Waals surface area (Å²) >= 11 is 0. The lowest BCUT2D eigenvalue weighted by molar-refractivity contribution is 0.0571. The van der Waals surface area contributed by atoms with E-state index in [1.165, 1.54) is 31.9 Å². The summed E-state index contributed by atoms with van der Waals surface area (Å²) in [5.74, 6) is 0.883. The standard InChI is InChI=1S/C28H36N6O2/c1-3-16-31-28(22-10-5-4-6-11-22)14-12-27(13-15-28)20-33(26(35)34(27)19-21-8-7-9-21)23-18-30-24(17-29)32-25(23)36-2/h4-6,10-11,18,21,31H,3,7-9,12-16,19-20H2,1-2H3. The van der Waals surface area contributed by atoms with Crippen LogP contribution in [0, 0.1) is 17.2 Å². The molecule has 2 heterocycles. The monoisotopic (exact) mass is 488 g/mol. The van der Waals surface area contributed by atoms with Crippen LogP contribution in [-0.2, 0) is 5.54 Å². The average Bonchev–Trinajstić information content (AvgIpc) is 3.16. The summed E-state index contributed by atoms with van der Waals surface area (Å²) in [6, 6.07) is 12.7. The van der Waals surface area contributed by atoms with E-state index in [0.717, 1.165) is 45.2 Å². The van der Waals surface area contributed by atoms with Crippen LogP contribution in [0.25, 0.3) is 0 Å². The Kier molecular flexibility index (Phi) is 6.85. The third-order valence-corrected chi connectivity index (χ3v) is 8.55. The molecule has 1 spiro atoms. The summed E-state index contributed by atoms with van der Waals surface area (Å²) in [7, 11) is 1.52. The van der Waals surface area contributed by atoms with Crippen molar-refractivity contribution in [3.8, 4) is 11.9 Å². The predicted octanol–water partition coefficient (Wildman–Crippen LogP) is 4.61. The van der Waals surface area contributed by atoms with Crippen LogP contribution in [0.5, 0.6) is 5.88 Å². The van der Waals surface area contributed by atoms with Crippen LogP contribution < -0.4 is 15.0 Å². The third-order valence-electron chi connectivity index (χ3n) is 8.55. The van der Waals surface area contributed by atoms with Gasteiger partial charge in [0.25, 0.3) is 0 Å². The highest BCUT2D eigenvalue weighted by molar-refractivity contribution is 5.96. The summed E-state index contributed by atoms with van der Waals surface area (Å²) in [6.07, 6.45) is 10.1. The van der Waals surface area contributed by atoms with Gasteiger partial charge in [0, 0.05) is 12.1 Å². The molecule has 1 aromatic heterocycles. The van der Waals surface area contributed by atoms with Crippen molar-refractivity contribution in [3.05, 3.63) is 47.9 Å². The molecule has 1 aromatic carbocycles. The van der Waals surface area contributed by atoms with Gasteiger partial charge in [0.1, 0.15) is 11.8 Å². The van der Waals surface area contributed by atoms with Crippen LogP contribution in [0.2, 0.25) is 0 Å². The highest BCUT2D eigenvalue weighted by atomic mass is 16.5. The van der Waals surface area contributed by atoms with Crippen LogP contribution in [0.15, 0.2) is 36.5 Å². The van der Waals surface area contributed by atoms with E-state index in [9.17, 15) is 10.1 Å². The number of nitrogens with zero attached hydrogens (tertiary/aromatic N) is 5. The number of carbonyl (C=O) groups is 1. The van der Waals surface area contributed by atoms with Crippen molar-refractivity contribution >= 4 is 11.7 Å². The molecule has 2 saturated carbocycles. The average molecular weight is 489 g/mol. The largest absolute Gasteiger partial charge is 0.479 e. The number of hydrogen-bond acceptors (Lipinski definition) is 6. The van der Waals surface area contributed by atoms with Gasteiger partial charge in [-0.25, -0.2) is 9.78 Å². The second kappa shape index (κ2) is 10.1. The fourth-order valence-electron chi connectivity index (χ4n) is 6.20. The minimum Gasteiger partial charge on any atom is -0.479 e. The highest BCUT2D eigenvalue weighted by Crippen LogP contribution is 2.49. The molecule has 3 fully saturated rings. The molecule has 1 saturated heterocycles. The minimum atomic E-state index is -0.238. The molecular weight excluding hydrogens is 452 g/mol. The van der Waals surface area contributed by atoms with Gasteiger partial charge >= 0.3 is 6.03 Å². The van der Waals surface area contributed by atoms with E-state index in [-0.39, 0.29) is 28.8 Å². The molecule has 0 bridgehead atoms. The van der Waals surface area contributed by atoms with Gasteiger partial charge in [-0.05, 0) is 63.0 Å². The van der Waals surface area contributed by atoms with Gasteiger partial charge in [-0.2, -0.15) is 10.2 Å². The summed E-state index contributed by atoms with van der Waals surface area (Å²) in [5, 5.41) is 13.1. The van der Waals surface area contributed by atoms with E-state index in [4.69, 9.17) is 4.74 Å². The number of aromatic nitrogens is 2. The molecule has 190 valence electrons.